The number of nitrogens with zero attached hydrogens (tertiary/aromatic N) is 1. The second-order valence-corrected chi connectivity index (χ2v) is 5.37. The van der Waals surface area contributed by atoms with Crippen molar-refractivity contribution in [1.29, 1.82) is 0 Å². The highest BCUT2D eigenvalue weighted by molar-refractivity contribution is 7.80. The van der Waals surface area contributed by atoms with E-state index in [1.807, 2.05) is 24.4 Å². The minimum absolute atomic E-state index is 0.00128. The molecule has 2 N–H and O–H groups in total. The van der Waals surface area contributed by atoms with Crippen molar-refractivity contribution in [1.82, 2.24) is 15.2 Å². The molecule has 0 radical (unpaired) electrons. The molecule has 1 aromatic carbocycles. The van der Waals surface area contributed by atoms with Gasteiger partial charge in [-0.05, 0) is 23.8 Å². The van der Waals surface area contributed by atoms with Gasteiger partial charge in [0.1, 0.15) is 6.04 Å². The molecule has 98 valence electrons. The number of benzene rings is 1. The van der Waals surface area contributed by atoms with Crippen LogP contribution in [0, 0.1) is 0 Å². The monoisotopic (exact) mass is 293 g/mol. The summed E-state index contributed by atoms with van der Waals surface area (Å²) in [6.07, 6.45) is 2.48. The summed E-state index contributed by atoms with van der Waals surface area (Å²) in [7, 11) is 1.68. The van der Waals surface area contributed by atoms with Gasteiger partial charge in [-0.2, -0.15) is 0 Å². The second-order valence-electron chi connectivity index (χ2n) is 4.58. The Bertz CT molecular complexity index is 682. The Balaban J connectivity index is 1.93. The first-order valence-electron chi connectivity index (χ1n) is 5.90. The van der Waals surface area contributed by atoms with E-state index in [1.165, 1.54) is 4.90 Å². The topological polar surface area (TPSA) is 48.1 Å². The summed E-state index contributed by atoms with van der Waals surface area (Å²) in [5.41, 5.74) is 1.96. The molecule has 0 bridgehead atoms. The zero-order valence-electron chi connectivity index (χ0n) is 10.2. The number of hydrogen-bond acceptors (Lipinski definition) is 2. The van der Waals surface area contributed by atoms with Crippen LogP contribution in [0.25, 0.3) is 10.9 Å². The van der Waals surface area contributed by atoms with Crippen LogP contribution in [0.15, 0.2) is 24.4 Å². The van der Waals surface area contributed by atoms with Crippen LogP contribution in [0.2, 0.25) is 5.02 Å². The van der Waals surface area contributed by atoms with E-state index in [-0.39, 0.29) is 11.9 Å². The molecule has 0 spiro atoms. The van der Waals surface area contributed by atoms with Crippen molar-refractivity contribution in [2.45, 2.75) is 12.5 Å². The SMILES string of the molecule is CN1C(=O)[C@@H](Cc2c[nH]c3c(Cl)cccc23)NC1=S. The largest absolute Gasteiger partial charge is 0.360 e. The van der Waals surface area contributed by atoms with Crippen molar-refractivity contribution < 1.29 is 4.79 Å². The highest BCUT2D eigenvalue weighted by Crippen LogP contribution is 2.26. The number of carbonyl (C=O) groups excluding carboxylic acids is 1. The first-order valence-corrected chi connectivity index (χ1v) is 6.69. The van der Waals surface area contributed by atoms with Gasteiger partial charge < -0.3 is 10.3 Å². The molecule has 2 aromatic rings. The highest BCUT2D eigenvalue weighted by atomic mass is 35.5. The van der Waals surface area contributed by atoms with Crippen LogP contribution in [0.5, 0.6) is 0 Å². The van der Waals surface area contributed by atoms with Crippen molar-refractivity contribution in [2.75, 3.05) is 7.05 Å². The third kappa shape index (κ3) is 1.99. The lowest BCUT2D eigenvalue weighted by atomic mass is 10.1. The lowest BCUT2D eigenvalue weighted by molar-refractivity contribution is -0.126. The number of halogens is 1. The van der Waals surface area contributed by atoms with Gasteiger partial charge >= 0.3 is 0 Å². The summed E-state index contributed by atoms with van der Waals surface area (Å²) in [5.74, 6) is 0.00128. The van der Waals surface area contributed by atoms with E-state index in [1.54, 1.807) is 7.05 Å². The molecule has 3 rings (SSSR count). The standard InChI is InChI=1S/C13H12ClN3OS/c1-17-12(18)10(16-13(17)19)5-7-6-15-11-8(7)3-2-4-9(11)14/h2-4,6,10,15H,5H2,1H3,(H,16,19)/t10-/m1/s1. The Morgan fingerprint density at radius 1 is 1.47 bits per heavy atom. The molecular formula is C13H12ClN3OS. The van der Waals surface area contributed by atoms with Gasteiger partial charge in [0.25, 0.3) is 5.91 Å². The molecule has 0 unspecified atom stereocenters. The molecule has 1 fully saturated rings. The number of H-pyrrole nitrogens is 1. The van der Waals surface area contributed by atoms with Crippen LogP contribution in [-0.2, 0) is 11.2 Å². The zero-order valence-corrected chi connectivity index (χ0v) is 11.8. The summed E-state index contributed by atoms with van der Waals surface area (Å²) in [5, 5.41) is 5.24. The van der Waals surface area contributed by atoms with Crippen molar-refractivity contribution in [3.8, 4) is 0 Å². The maximum atomic E-state index is 12.0. The molecule has 2 heterocycles. The van der Waals surface area contributed by atoms with E-state index >= 15 is 0 Å². The van der Waals surface area contributed by atoms with E-state index in [4.69, 9.17) is 23.8 Å². The minimum atomic E-state index is -0.296. The maximum absolute atomic E-state index is 12.0. The Kier molecular flexibility index (Phi) is 2.95. The third-order valence-corrected chi connectivity index (χ3v) is 4.11. The van der Waals surface area contributed by atoms with Crippen molar-refractivity contribution >= 4 is 45.7 Å². The molecule has 1 aliphatic heterocycles. The number of aromatic nitrogens is 1. The number of hydrogen-bond donors (Lipinski definition) is 2. The molecular weight excluding hydrogens is 282 g/mol. The number of carbonyl (C=O) groups is 1. The zero-order chi connectivity index (χ0) is 13.6. The van der Waals surface area contributed by atoms with E-state index in [0.29, 0.717) is 16.6 Å². The number of nitrogens with one attached hydrogen (secondary N) is 2. The molecule has 1 aliphatic rings. The lowest BCUT2D eigenvalue weighted by Crippen LogP contribution is -2.31. The van der Waals surface area contributed by atoms with Gasteiger partial charge in [-0.25, -0.2) is 0 Å². The first kappa shape index (κ1) is 12.4. The van der Waals surface area contributed by atoms with E-state index in [9.17, 15) is 4.79 Å². The number of likely N-dealkylation sites (N-methyl/N-ethyl adjacent to an activating group) is 1. The normalized spacial score (nSPS) is 19.3. The Morgan fingerprint density at radius 2 is 2.26 bits per heavy atom. The van der Waals surface area contributed by atoms with Gasteiger partial charge in [-0.15, -0.1) is 0 Å². The fourth-order valence-corrected chi connectivity index (χ4v) is 2.81. The third-order valence-electron chi connectivity index (χ3n) is 3.41. The average Bonchev–Trinajstić information content (AvgIpc) is 2.90. The number of rotatable bonds is 2. The van der Waals surface area contributed by atoms with Crippen LogP contribution in [-0.4, -0.2) is 34.0 Å². The van der Waals surface area contributed by atoms with Gasteiger partial charge in [0, 0.05) is 25.1 Å². The van der Waals surface area contributed by atoms with Gasteiger partial charge in [0.2, 0.25) is 0 Å². The highest BCUT2D eigenvalue weighted by Gasteiger charge is 2.33. The fourth-order valence-electron chi connectivity index (χ4n) is 2.34. The van der Waals surface area contributed by atoms with Crippen LogP contribution < -0.4 is 5.32 Å². The van der Waals surface area contributed by atoms with Gasteiger partial charge in [-0.1, -0.05) is 23.7 Å². The number of fused-ring (bicyclic) bond motifs is 1. The number of amides is 1. The van der Waals surface area contributed by atoms with Crippen molar-refractivity contribution in [3.63, 3.8) is 0 Å². The molecule has 1 aromatic heterocycles. The predicted molar refractivity (Wildman–Crippen MR) is 79.3 cm³/mol. The predicted octanol–water partition coefficient (Wildman–Crippen LogP) is 2.08. The summed E-state index contributed by atoms with van der Waals surface area (Å²) in [6.45, 7) is 0. The molecule has 4 nitrogen and oxygen atoms in total. The van der Waals surface area contributed by atoms with Crippen LogP contribution in [0.1, 0.15) is 5.56 Å². The summed E-state index contributed by atoms with van der Waals surface area (Å²) in [6, 6.07) is 5.44. The molecule has 0 aliphatic carbocycles. The first-order chi connectivity index (χ1) is 9.08. The summed E-state index contributed by atoms with van der Waals surface area (Å²) in [4.78, 5) is 16.6. The maximum Gasteiger partial charge on any atom is 0.251 e. The summed E-state index contributed by atoms with van der Waals surface area (Å²) < 4.78 is 0. The molecule has 1 amide bonds. The van der Waals surface area contributed by atoms with E-state index in [0.717, 1.165) is 16.5 Å². The second kappa shape index (κ2) is 4.51. The van der Waals surface area contributed by atoms with Gasteiger partial charge in [0.15, 0.2) is 5.11 Å². The number of thiocarbonyl (C=S) groups is 1. The van der Waals surface area contributed by atoms with Gasteiger partial charge in [-0.3, -0.25) is 9.69 Å². The molecule has 6 heteroatoms. The summed E-state index contributed by atoms with van der Waals surface area (Å²) >= 11 is 11.2. The molecule has 1 atom stereocenters. The minimum Gasteiger partial charge on any atom is -0.360 e. The van der Waals surface area contributed by atoms with Crippen LogP contribution in [0.3, 0.4) is 0 Å². The Labute approximate surface area is 120 Å². The van der Waals surface area contributed by atoms with Crippen molar-refractivity contribution in [2.24, 2.45) is 0 Å². The fraction of sp³-hybridized carbons (Fsp3) is 0.231. The average molecular weight is 294 g/mol. The Hall–Kier alpha value is -1.59. The van der Waals surface area contributed by atoms with Crippen molar-refractivity contribution in [3.05, 3.63) is 35.0 Å². The molecule has 19 heavy (non-hydrogen) atoms. The van der Waals surface area contributed by atoms with E-state index in [2.05, 4.69) is 10.3 Å². The van der Waals surface area contributed by atoms with Crippen LogP contribution >= 0.6 is 23.8 Å². The molecule has 0 saturated carbocycles. The quantitative estimate of drug-likeness (QED) is 0.834. The number of para-hydroxylation sites is 1. The van der Waals surface area contributed by atoms with E-state index < -0.39 is 0 Å². The smallest absolute Gasteiger partial charge is 0.251 e. The Morgan fingerprint density at radius 3 is 2.95 bits per heavy atom. The van der Waals surface area contributed by atoms with Crippen LogP contribution in [0.4, 0.5) is 0 Å². The lowest BCUT2D eigenvalue weighted by Gasteiger charge is -2.07. The molecule has 1 saturated heterocycles. The number of aromatic amines is 1. The van der Waals surface area contributed by atoms with Gasteiger partial charge in [0.05, 0.1) is 10.5 Å².